The molecule has 118 valence electrons. The molecule has 0 saturated heterocycles. The van der Waals surface area contributed by atoms with E-state index in [1.807, 2.05) is 6.07 Å². The van der Waals surface area contributed by atoms with Crippen molar-refractivity contribution in [1.82, 2.24) is 25.1 Å². The van der Waals surface area contributed by atoms with Gasteiger partial charge in [-0.2, -0.15) is 5.10 Å². The summed E-state index contributed by atoms with van der Waals surface area (Å²) in [6.07, 6.45) is 2.98. The number of rotatable bonds is 3. The molecule has 4 aromatic rings. The number of fused-ring (bicyclic) bond motifs is 1. The van der Waals surface area contributed by atoms with Gasteiger partial charge in [0.2, 0.25) is 5.88 Å². The molecule has 4 rings (SSSR count). The standard InChI is InChI=1S/C16H11FN6O/c17-10-2-4-11(5-3-10)24-12-6-1-9(7-19-12)14-13-15(18)20-8-21-16(13)23-22-14/h1-8H,(H3,18,20,21,22,23). The molecular formula is C16H11FN6O. The van der Waals surface area contributed by atoms with Gasteiger partial charge < -0.3 is 10.5 Å². The Labute approximate surface area is 135 Å². The van der Waals surface area contributed by atoms with Gasteiger partial charge in [-0.1, -0.05) is 0 Å². The second-order valence-corrected chi connectivity index (χ2v) is 5.00. The monoisotopic (exact) mass is 322 g/mol. The average Bonchev–Trinajstić information content (AvgIpc) is 3.03. The normalized spacial score (nSPS) is 10.9. The van der Waals surface area contributed by atoms with Crippen molar-refractivity contribution in [3.05, 3.63) is 54.7 Å². The van der Waals surface area contributed by atoms with Crippen LogP contribution >= 0.6 is 0 Å². The summed E-state index contributed by atoms with van der Waals surface area (Å²) in [7, 11) is 0. The van der Waals surface area contributed by atoms with Crippen molar-refractivity contribution >= 4 is 16.9 Å². The first-order valence-corrected chi connectivity index (χ1v) is 7.05. The van der Waals surface area contributed by atoms with E-state index in [2.05, 4.69) is 25.1 Å². The van der Waals surface area contributed by atoms with Crippen LogP contribution in [0.25, 0.3) is 22.3 Å². The number of ether oxygens (including phenoxy) is 1. The maximum atomic E-state index is 12.9. The highest BCUT2D eigenvalue weighted by molar-refractivity contribution is 5.97. The number of anilines is 1. The second-order valence-electron chi connectivity index (χ2n) is 5.00. The van der Waals surface area contributed by atoms with Gasteiger partial charge in [0.25, 0.3) is 0 Å². The van der Waals surface area contributed by atoms with Gasteiger partial charge in [0.1, 0.15) is 23.7 Å². The van der Waals surface area contributed by atoms with Crippen LogP contribution in [0.3, 0.4) is 0 Å². The number of nitrogens with two attached hydrogens (primary N) is 1. The van der Waals surface area contributed by atoms with E-state index in [4.69, 9.17) is 10.5 Å². The summed E-state index contributed by atoms with van der Waals surface area (Å²) in [4.78, 5) is 12.3. The van der Waals surface area contributed by atoms with Crippen molar-refractivity contribution in [3.63, 3.8) is 0 Å². The van der Waals surface area contributed by atoms with Crippen LogP contribution in [0.5, 0.6) is 11.6 Å². The summed E-state index contributed by atoms with van der Waals surface area (Å²) < 4.78 is 18.5. The van der Waals surface area contributed by atoms with Gasteiger partial charge in [-0.3, -0.25) is 5.10 Å². The van der Waals surface area contributed by atoms with Crippen LogP contribution in [0.1, 0.15) is 0 Å². The van der Waals surface area contributed by atoms with Crippen molar-refractivity contribution < 1.29 is 9.13 Å². The molecule has 0 unspecified atom stereocenters. The lowest BCUT2D eigenvalue weighted by atomic mass is 10.1. The molecule has 0 atom stereocenters. The molecular weight excluding hydrogens is 311 g/mol. The van der Waals surface area contributed by atoms with Gasteiger partial charge in [0.15, 0.2) is 5.65 Å². The van der Waals surface area contributed by atoms with Crippen LogP contribution in [0, 0.1) is 5.82 Å². The first kappa shape index (κ1) is 14.1. The van der Waals surface area contributed by atoms with Gasteiger partial charge in [-0.05, 0) is 30.3 Å². The molecule has 24 heavy (non-hydrogen) atoms. The largest absolute Gasteiger partial charge is 0.439 e. The fraction of sp³-hybridized carbons (Fsp3) is 0. The summed E-state index contributed by atoms with van der Waals surface area (Å²) in [6, 6.07) is 9.22. The third kappa shape index (κ3) is 2.50. The number of aromatic nitrogens is 5. The van der Waals surface area contributed by atoms with Crippen LogP contribution in [-0.2, 0) is 0 Å². The van der Waals surface area contributed by atoms with Gasteiger partial charge in [-0.15, -0.1) is 0 Å². The predicted molar refractivity (Wildman–Crippen MR) is 85.8 cm³/mol. The third-order valence-electron chi connectivity index (χ3n) is 3.44. The van der Waals surface area contributed by atoms with E-state index in [1.165, 1.54) is 30.6 Å². The van der Waals surface area contributed by atoms with E-state index in [9.17, 15) is 4.39 Å². The Kier molecular flexibility index (Phi) is 3.27. The van der Waals surface area contributed by atoms with Crippen molar-refractivity contribution in [2.75, 3.05) is 5.73 Å². The van der Waals surface area contributed by atoms with Gasteiger partial charge >= 0.3 is 0 Å². The first-order valence-electron chi connectivity index (χ1n) is 7.05. The number of aromatic amines is 1. The van der Waals surface area contributed by atoms with Crippen LogP contribution in [0.15, 0.2) is 48.9 Å². The van der Waals surface area contributed by atoms with E-state index in [0.29, 0.717) is 34.2 Å². The third-order valence-corrected chi connectivity index (χ3v) is 3.44. The molecule has 0 amide bonds. The van der Waals surface area contributed by atoms with Gasteiger partial charge in [-0.25, -0.2) is 19.3 Å². The smallest absolute Gasteiger partial charge is 0.219 e. The Morgan fingerprint density at radius 3 is 2.58 bits per heavy atom. The average molecular weight is 322 g/mol. The molecule has 8 heteroatoms. The van der Waals surface area contributed by atoms with E-state index in [0.717, 1.165) is 5.56 Å². The molecule has 3 N–H and O–H groups in total. The van der Waals surface area contributed by atoms with E-state index in [1.54, 1.807) is 12.3 Å². The van der Waals surface area contributed by atoms with Crippen molar-refractivity contribution in [2.24, 2.45) is 0 Å². The number of H-pyrrole nitrogens is 1. The summed E-state index contributed by atoms with van der Waals surface area (Å²) in [5.74, 6) is 0.909. The van der Waals surface area contributed by atoms with E-state index < -0.39 is 0 Å². The van der Waals surface area contributed by atoms with Gasteiger partial charge in [0.05, 0.1) is 11.1 Å². The maximum absolute atomic E-state index is 12.9. The number of benzene rings is 1. The molecule has 0 radical (unpaired) electrons. The molecule has 3 aromatic heterocycles. The number of hydrogen-bond acceptors (Lipinski definition) is 6. The predicted octanol–water partition coefficient (Wildman–Crippen LogP) is 2.93. The zero-order valence-electron chi connectivity index (χ0n) is 12.3. The lowest BCUT2D eigenvalue weighted by Crippen LogP contribution is -1.93. The molecule has 0 bridgehead atoms. The number of nitrogens with one attached hydrogen (secondary N) is 1. The lowest BCUT2D eigenvalue weighted by molar-refractivity contribution is 0.461. The molecule has 0 aliphatic rings. The molecule has 0 saturated carbocycles. The fourth-order valence-corrected chi connectivity index (χ4v) is 2.30. The van der Waals surface area contributed by atoms with E-state index >= 15 is 0 Å². The van der Waals surface area contributed by atoms with Gasteiger partial charge in [0, 0.05) is 17.8 Å². The summed E-state index contributed by atoms with van der Waals surface area (Å²) in [5.41, 5.74) is 7.84. The Hall–Kier alpha value is -3.55. The molecule has 0 aliphatic heterocycles. The number of pyridine rings is 1. The van der Waals surface area contributed by atoms with Crippen LogP contribution in [0.2, 0.25) is 0 Å². The summed E-state index contributed by atoms with van der Waals surface area (Å²) in [6.45, 7) is 0. The van der Waals surface area contributed by atoms with Crippen LogP contribution in [0.4, 0.5) is 10.2 Å². The first-order chi connectivity index (χ1) is 11.7. The minimum Gasteiger partial charge on any atom is -0.439 e. The Morgan fingerprint density at radius 2 is 1.83 bits per heavy atom. The number of halogens is 1. The molecule has 0 spiro atoms. The maximum Gasteiger partial charge on any atom is 0.219 e. The lowest BCUT2D eigenvalue weighted by Gasteiger charge is -2.05. The molecule has 3 heterocycles. The van der Waals surface area contributed by atoms with Crippen molar-refractivity contribution in [1.29, 1.82) is 0 Å². The quantitative estimate of drug-likeness (QED) is 0.601. The van der Waals surface area contributed by atoms with Crippen molar-refractivity contribution in [3.8, 4) is 22.9 Å². The molecule has 0 aliphatic carbocycles. The topological polar surface area (TPSA) is 103 Å². The Balaban J connectivity index is 1.64. The van der Waals surface area contributed by atoms with Crippen LogP contribution < -0.4 is 10.5 Å². The van der Waals surface area contributed by atoms with Crippen molar-refractivity contribution in [2.45, 2.75) is 0 Å². The highest BCUT2D eigenvalue weighted by Gasteiger charge is 2.13. The molecule has 1 aromatic carbocycles. The minimum absolute atomic E-state index is 0.323. The zero-order chi connectivity index (χ0) is 16.5. The highest BCUT2D eigenvalue weighted by atomic mass is 19.1. The van der Waals surface area contributed by atoms with Crippen LogP contribution in [-0.4, -0.2) is 25.1 Å². The fourth-order valence-electron chi connectivity index (χ4n) is 2.30. The number of nitrogens with zero attached hydrogens (tertiary/aromatic N) is 4. The Morgan fingerprint density at radius 1 is 1.00 bits per heavy atom. The minimum atomic E-state index is -0.323. The summed E-state index contributed by atoms with van der Waals surface area (Å²) >= 11 is 0. The highest BCUT2D eigenvalue weighted by Crippen LogP contribution is 2.29. The van der Waals surface area contributed by atoms with E-state index in [-0.39, 0.29) is 5.82 Å². The SMILES string of the molecule is Nc1ncnc2n[nH]c(-c3ccc(Oc4ccc(F)cc4)nc3)c12. The summed E-state index contributed by atoms with van der Waals surface area (Å²) in [5, 5.41) is 7.64. The zero-order valence-corrected chi connectivity index (χ0v) is 12.3. The molecule has 7 nitrogen and oxygen atoms in total. The molecule has 0 fully saturated rings. The number of nitrogen functional groups attached to an aromatic ring is 1. The number of hydrogen-bond donors (Lipinski definition) is 2. The Bertz CT molecular complexity index is 997. The second kappa shape index (κ2) is 5.58.